The highest BCUT2D eigenvalue weighted by Crippen LogP contribution is 2.26. The number of piperidine rings is 1. The Morgan fingerprint density at radius 2 is 1.72 bits per heavy atom. The predicted molar refractivity (Wildman–Crippen MR) is 113 cm³/mol. The Morgan fingerprint density at radius 1 is 1.00 bits per heavy atom. The first kappa shape index (κ1) is 19.3. The lowest BCUT2D eigenvalue weighted by Crippen LogP contribution is -2.48. The number of aromatic hydroxyl groups is 1. The second-order valence-electron chi connectivity index (χ2n) is 7.48. The van der Waals surface area contributed by atoms with Crippen molar-refractivity contribution in [2.75, 3.05) is 24.5 Å². The van der Waals surface area contributed by atoms with E-state index in [1.165, 1.54) is 5.56 Å². The molecule has 4 rings (SSSR count). The number of likely N-dealkylation sites (tertiary alicyclic amines) is 1. The molecule has 1 fully saturated rings. The summed E-state index contributed by atoms with van der Waals surface area (Å²) >= 11 is 0. The van der Waals surface area contributed by atoms with E-state index in [-0.39, 0.29) is 11.9 Å². The van der Waals surface area contributed by atoms with Crippen LogP contribution in [0.15, 0.2) is 77.4 Å². The Morgan fingerprint density at radius 3 is 2.38 bits per heavy atom. The van der Waals surface area contributed by atoms with Gasteiger partial charge in [-0.25, -0.2) is 0 Å². The second kappa shape index (κ2) is 8.97. The maximum Gasteiger partial charge on any atom is 0.294 e. The van der Waals surface area contributed by atoms with Crippen LogP contribution in [0.2, 0.25) is 0 Å². The summed E-state index contributed by atoms with van der Waals surface area (Å²) in [4.78, 5) is 17.5. The number of hydrogen-bond donors (Lipinski definition) is 1. The first-order valence-corrected chi connectivity index (χ1v) is 10.1. The molecule has 3 aromatic rings. The lowest BCUT2D eigenvalue weighted by Gasteiger charge is -2.38. The molecule has 0 spiro atoms. The number of amides is 1. The van der Waals surface area contributed by atoms with Crippen molar-refractivity contribution in [1.29, 1.82) is 0 Å². The monoisotopic (exact) mass is 390 g/mol. The van der Waals surface area contributed by atoms with Crippen LogP contribution in [0.1, 0.15) is 29.0 Å². The van der Waals surface area contributed by atoms with Gasteiger partial charge in [-0.1, -0.05) is 30.3 Å². The summed E-state index contributed by atoms with van der Waals surface area (Å²) in [6.07, 6.45) is 4.36. The normalized spacial score (nSPS) is 15.3. The van der Waals surface area contributed by atoms with Crippen molar-refractivity contribution in [2.24, 2.45) is 0 Å². The molecule has 0 saturated carbocycles. The van der Waals surface area contributed by atoms with Crippen molar-refractivity contribution in [3.8, 4) is 5.75 Å². The van der Waals surface area contributed by atoms with Gasteiger partial charge in [0.15, 0.2) is 5.76 Å². The zero-order chi connectivity index (χ0) is 20.1. The standard InChI is InChI=1S/C24H26N2O3/c27-22-10-8-19(9-11-22)12-15-25-16-13-21(14-17-25)26(20-5-2-1-3-6-20)24(28)23-7-4-18-29-23/h1-11,18,21,27H,12-17H2. The molecule has 2 aromatic carbocycles. The van der Waals surface area contributed by atoms with E-state index in [9.17, 15) is 9.90 Å². The Kier molecular flexibility index (Phi) is 5.96. The first-order valence-electron chi connectivity index (χ1n) is 10.1. The molecule has 0 atom stereocenters. The molecule has 0 bridgehead atoms. The molecule has 5 nitrogen and oxygen atoms in total. The maximum absolute atomic E-state index is 13.1. The molecule has 0 radical (unpaired) electrons. The molecule has 0 aliphatic carbocycles. The molecule has 150 valence electrons. The molecule has 1 aliphatic rings. The van der Waals surface area contributed by atoms with Gasteiger partial charge in [-0.3, -0.25) is 4.79 Å². The van der Waals surface area contributed by atoms with Crippen LogP contribution in [0, 0.1) is 0 Å². The third kappa shape index (κ3) is 4.69. The number of carbonyl (C=O) groups excluding carboxylic acids is 1. The van der Waals surface area contributed by atoms with Gasteiger partial charge in [-0.05, 0) is 61.2 Å². The molecule has 29 heavy (non-hydrogen) atoms. The Hall–Kier alpha value is -3.05. The quantitative estimate of drug-likeness (QED) is 0.680. The fraction of sp³-hybridized carbons (Fsp3) is 0.292. The van der Waals surface area contributed by atoms with Crippen molar-refractivity contribution in [2.45, 2.75) is 25.3 Å². The number of hydrogen-bond acceptors (Lipinski definition) is 4. The fourth-order valence-corrected chi connectivity index (χ4v) is 3.95. The number of rotatable bonds is 6. The van der Waals surface area contributed by atoms with E-state index in [1.54, 1.807) is 30.5 Å². The number of nitrogens with zero attached hydrogens (tertiary/aromatic N) is 2. The van der Waals surface area contributed by atoms with Crippen molar-refractivity contribution >= 4 is 11.6 Å². The minimum absolute atomic E-state index is 0.0799. The van der Waals surface area contributed by atoms with E-state index in [4.69, 9.17) is 4.42 Å². The van der Waals surface area contributed by atoms with Gasteiger partial charge in [0.1, 0.15) is 5.75 Å². The smallest absolute Gasteiger partial charge is 0.294 e. The molecule has 1 aromatic heterocycles. The van der Waals surface area contributed by atoms with Gasteiger partial charge in [-0.2, -0.15) is 0 Å². The van der Waals surface area contributed by atoms with E-state index in [2.05, 4.69) is 4.90 Å². The summed E-state index contributed by atoms with van der Waals surface area (Å²) in [5, 5.41) is 9.41. The molecule has 1 N–H and O–H groups in total. The van der Waals surface area contributed by atoms with Crippen molar-refractivity contribution in [1.82, 2.24) is 4.90 Å². The van der Waals surface area contributed by atoms with Crippen LogP contribution in [-0.2, 0) is 6.42 Å². The van der Waals surface area contributed by atoms with Crippen LogP contribution in [-0.4, -0.2) is 41.6 Å². The molecular weight excluding hydrogens is 364 g/mol. The van der Waals surface area contributed by atoms with Gasteiger partial charge in [0, 0.05) is 31.4 Å². The minimum atomic E-state index is -0.0799. The number of benzene rings is 2. The third-order valence-corrected chi connectivity index (χ3v) is 5.56. The maximum atomic E-state index is 13.1. The third-order valence-electron chi connectivity index (χ3n) is 5.56. The van der Waals surface area contributed by atoms with E-state index in [1.807, 2.05) is 47.4 Å². The molecule has 2 heterocycles. The van der Waals surface area contributed by atoms with Gasteiger partial charge in [-0.15, -0.1) is 0 Å². The van der Waals surface area contributed by atoms with Crippen LogP contribution in [0.4, 0.5) is 5.69 Å². The summed E-state index contributed by atoms with van der Waals surface area (Å²) in [6.45, 7) is 2.89. The average molecular weight is 390 g/mol. The zero-order valence-electron chi connectivity index (χ0n) is 16.4. The largest absolute Gasteiger partial charge is 0.508 e. The summed E-state index contributed by atoms with van der Waals surface area (Å²) in [5.74, 6) is 0.601. The topological polar surface area (TPSA) is 56.9 Å². The molecule has 1 amide bonds. The van der Waals surface area contributed by atoms with E-state index in [0.29, 0.717) is 11.5 Å². The Labute approximate surface area is 171 Å². The molecule has 0 unspecified atom stereocenters. The SMILES string of the molecule is O=C(c1ccco1)N(c1ccccc1)C1CCN(CCc2ccc(O)cc2)CC1. The number of carbonyl (C=O) groups is 1. The number of furan rings is 1. The number of phenols is 1. The minimum Gasteiger partial charge on any atom is -0.508 e. The summed E-state index contributed by atoms with van der Waals surface area (Å²) in [6, 6.07) is 20.9. The van der Waals surface area contributed by atoms with E-state index in [0.717, 1.165) is 44.6 Å². The molecular formula is C24H26N2O3. The van der Waals surface area contributed by atoms with Crippen LogP contribution >= 0.6 is 0 Å². The van der Waals surface area contributed by atoms with Crippen LogP contribution in [0.5, 0.6) is 5.75 Å². The van der Waals surface area contributed by atoms with E-state index >= 15 is 0 Å². The molecule has 1 saturated heterocycles. The van der Waals surface area contributed by atoms with Gasteiger partial charge in [0.2, 0.25) is 0 Å². The van der Waals surface area contributed by atoms with Crippen molar-refractivity contribution in [3.05, 3.63) is 84.3 Å². The molecule has 1 aliphatic heterocycles. The van der Waals surface area contributed by atoms with Crippen molar-refractivity contribution < 1.29 is 14.3 Å². The summed E-state index contributed by atoms with van der Waals surface area (Å²) < 4.78 is 5.39. The van der Waals surface area contributed by atoms with Gasteiger partial charge >= 0.3 is 0 Å². The number of para-hydroxylation sites is 1. The number of phenolic OH excluding ortho intramolecular Hbond substituents is 1. The van der Waals surface area contributed by atoms with Gasteiger partial charge < -0.3 is 19.3 Å². The fourth-order valence-electron chi connectivity index (χ4n) is 3.95. The van der Waals surface area contributed by atoms with Gasteiger partial charge in [0.25, 0.3) is 5.91 Å². The highest BCUT2D eigenvalue weighted by atomic mass is 16.3. The van der Waals surface area contributed by atoms with Crippen LogP contribution in [0.25, 0.3) is 0 Å². The Balaban J connectivity index is 1.40. The van der Waals surface area contributed by atoms with Gasteiger partial charge in [0.05, 0.1) is 6.26 Å². The first-order chi connectivity index (χ1) is 14.2. The molecule has 5 heteroatoms. The zero-order valence-corrected chi connectivity index (χ0v) is 16.4. The highest BCUT2D eigenvalue weighted by Gasteiger charge is 2.30. The van der Waals surface area contributed by atoms with Crippen LogP contribution in [0.3, 0.4) is 0 Å². The average Bonchev–Trinajstić information content (AvgIpc) is 3.30. The lowest BCUT2D eigenvalue weighted by atomic mass is 10.0. The summed E-state index contributed by atoms with van der Waals surface area (Å²) in [7, 11) is 0. The van der Waals surface area contributed by atoms with Crippen molar-refractivity contribution in [3.63, 3.8) is 0 Å². The Bertz CT molecular complexity index is 899. The number of anilines is 1. The van der Waals surface area contributed by atoms with E-state index < -0.39 is 0 Å². The van der Waals surface area contributed by atoms with Crippen LogP contribution < -0.4 is 4.90 Å². The second-order valence-corrected chi connectivity index (χ2v) is 7.48. The lowest BCUT2D eigenvalue weighted by molar-refractivity contribution is 0.0933. The highest BCUT2D eigenvalue weighted by molar-refractivity contribution is 6.04. The summed E-state index contributed by atoms with van der Waals surface area (Å²) in [5.41, 5.74) is 2.14. The predicted octanol–water partition coefficient (Wildman–Crippen LogP) is 4.34.